The van der Waals surface area contributed by atoms with Gasteiger partial charge in [-0.15, -0.1) is 11.6 Å². The van der Waals surface area contributed by atoms with Gasteiger partial charge in [0.1, 0.15) is 5.88 Å². The minimum Gasteiger partial charge on any atom is -0.391 e. The molecular formula is C17H26ClN3O2. The van der Waals surface area contributed by atoms with Gasteiger partial charge < -0.3 is 10.0 Å². The summed E-state index contributed by atoms with van der Waals surface area (Å²) in [6.07, 6.45) is 1.30. The molecule has 0 bridgehead atoms. The second kappa shape index (κ2) is 6.10. The third-order valence-corrected chi connectivity index (χ3v) is 5.77. The van der Waals surface area contributed by atoms with Crippen LogP contribution in [-0.2, 0) is 11.2 Å². The van der Waals surface area contributed by atoms with Gasteiger partial charge in [-0.1, -0.05) is 6.92 Å². The van der Waals surface area contributed by atoms with Gasteiger partial charge in [0.2, 0.25) is 5.91 Å². The van der Waals surface area contributed by atoms with E-state index in [0.717, 1.165) is 18.5 Å². The van der Waals surface area contributed by atoms with Crippen molar-refractivity contribution in [3.05, 3.63) is 17.5 Å². The summed E-state index contributed by atoms with van der Waals surface area (Å²) in [6.45, 7) is 6.39. The Labute approximate surface area is 142 Å². The Hall–Kier alpha value is -1.07. The third kappa shape index (κ3) is 2.68. The van der Waals surface area contributed by atoms with Crippen molar-refractivity contribution in [3.8, 4) is 0 Å². The minimum absolute atomic E-state index is 0.0293. The fourth-order valence-corrected chi connectivity index (χ4v) is 4.41. The van der Waals surface area contributed by atoms with Crippen molar-refractivity contribution in [1.82, 2.24) is 14.7 Å². The first-order valence-electron chi connectivity index (χ1n) is 8.48. The Balaban J connectivity index is 1.77. The van der Waals surface area contributed by atoms with E-state index < -0.39 is 6.10 Å². The number of nitrogens with zero attached hydrogens (tertiary/aromatic N) is 3. The van der Waals surface area contributed by atoms with Gasteiger partial charge in [0.15, 0.2) is 0 Å². The quantitative estimate of drug-likeness (QED) is 0.836. The molecule has 0 aliphatic heterocycles. The second-order valence-corrected chi connectivity index (χ2v) is 7.42. The highest BCUT2D eigenvalue weighted by molar-refractivity contribution is 6.27. The van der Waals surface area contributed by atoms with Crippen molar-refractivity contribution in [1.29, 1.82) is 0 Å². The molecule has 5 nitrogen and oxygen atoms in total. The van der Waals surface area contributed by atoms with E-state index in [1.54, 1.807) is 11.9 Å². The Kier molecular flexibility index (Phi) is 4.45. The normalized spacial score (nSPS) is 32.2. The summed E-state index contributed by atoms with van der Waals surface area (Å²) in [4.78, 5) is 13.4. The van der Waals surface area contributed by atoms with Crippen LogP contribution in [0, 0.1) is 11.8 Å². The van der Waals surface area contributed by atoms with Crippen molar-refractivity contribution in [3.63, 3.8) is 0 Å². The molecule has 0 aromatic carbocycles. The molecule has 1 aromatic rings. The number of aliphatic hydroxyl groups is 1. The maximum Gasteiger partial charge on any atom is 0.237 e. The average molecular weight is 340 g/mol. The molecule has 1 amide bonds. The van der Waals surface area contributed by atoms with Gasteiger partial charge in [-0.05, 0) is 44.6 Å². The monoisotopic (exact) mass is 339 g/mol. The first-order valence-corrected chi connectivity index (χ1v) is 9.02. The molecule has 6 heteroatoms. The zero-order valence-corrected chi connectivity index (χ0v) is 15.0. The number of hydrogen-bond donors (Lipinski definition) is 1. The van der Waals surface area contributed by atoms with E-state index in [1.807, 2.05) is 0 Å². The van der Waals surface area contributed by atoms with E-state index in [1.165, 1.54) is 5.69 Å². The number of rotatable bonds is 5. The number of carbonyl (C=O) groups is 1. The number of hydrogen-bond acceptors (Lipinski definition) is 3. The zero-order valence-electron chi connectivity index (χ0n) is 14.2. The first kappa shape index (κ1) is 16.8. The van der Waals surface area contributed by atoms with Crippen LogP contribution in [0.4, 0.5) is 0 Å². The lowest BCUT2D eigenvalue weighted by atomic mass is 10.0. The molecule has 0 spiro atoms. The summed E-state index contributed by atoms with van der Waals surface area (Å²) in [5.41, 5.74) is 2.36. The Morgan fingerprint density at radius 1 is 1.57 bits per heavy atom. The Morgan fingerprint density at radius 3 is 2.74 bits per heavy atom. The molecule has 1 aromatic heterocycles. The summed E-state index contributed by atoms with van der Waals surface area (Å²) in [5.74, 6) is 0.910. The van der Waals surface area contributed by atoms with E-state index in [4.69, 9.17) is 16.7 Å². The van der Waals surface area contributed by atoms with Crippen LogP contribution < -0.4 is 0 Å². The zero-order chi connectivity index (χ0) is 16.9. The number of halogens is 1. The van der Waals surface area contributed by atoms with Crippen LogP contribution in [0.1, 0.15) is 50.5 Å². The largest absolute Gasteiger partial charge is 0.391 e. The van der Waals surface area contributed by atoms with E-state index in [-0.39, 0.29) is 23.7 Å². The van der Waals surface area contributed by atoms with Gasteiger partial charge in [-0.3, -0.25) is 9.48 Å². The van der Waals surface area contributed by atoms with Gasteiger partial charge in [-0.2, -0.15) is 5.10 Å². The van der Waals surface area contributed by atoms with Gasteiger partial charge in [0.25, 0.3) is 0 Å². The molecule has 2 fully saturated rings. The minimum atomic E-state index is -0.470. The van der Waals surface area contributed by atoms with Crippen LogP contribution in [0.5, 0.6) is 0 Å². The Bertz CT molecular complexity index is 601. The van der Waals surface area contributed by atoms with Crippen LogP contribution >= 0.6 is 11.6 Å². The summed E-state index contributed by atoms with van der Waals surface area (Å²) in [6, 6.07) is 2.41. The molecular weight excluding hydrogens is 314 g/mol. The third-order valence-electron chi connectivity index (χ3n) is 5.54. The molecule has 2 aliphatic rings. The predicted octanol–water partition coefficient (Wildman–Crippen LogP) is 2.19. The van der Waals surface area contributed by atoms with Crippen molar-refractivity contribution < 1.29 is 9.90 Å². The highest BCUT2D eigenvalue weighted by atomic mass is 35.5. The number of aromatic nitrogens is 2. The molecule has 5 atom stereocenters. The number of aliphatic hydroxyl groups excluding tert-OH is 1. The molecule has 0 radical (unpaired) electrons. The molecule has 3 rings (SSSR count). The lowest BCUT2D eigenvalue weighted by molar-refractivity contribution is -0.131. The number of carbonyl (C=O) groups excluding carboxylic acids is 1. The summed E-state index contributed by atoms with van der Waals surface area (Å²) < 4.78 is 2.11. The summed E-state index contributed by atoms with van der Waals surface area (Å²) in [7, 11) is 1.74. The summed E-state index contributed by atoms with van der Waals surface area (Å²) >= 11 is 5.64. The number of fused-ring (bicyclic) bond motifs is 1. The predicted molar refractivity (Wildman–Crippen MR) is 89.6 cm³/mol. The van der Waals surface area contributed by atoms with Crippen LogP contribution in [0.2, 0.25) is 0 Å². The topological polar surface area (TPSA) is 58.4 Å². The highest BCUT2D eigenvalue weighted by Gasteiger charge is 2.64. The number of likely N-dealkylation sites (N-methyl/N-ethyl adjacent to an activating group) is 1. The number of aryl methyl sites for hydroxylation is 1. The molecule has 128 valence electrons. The smallest absolute Gasteiger partial charge is 0.237 e. The van der Waals surface area contributed by atoms with Crippen LogP contribution in [0.25, 0.3) is 0 Å². The van der Waals surface area contributed by atoms with Crippen LogP contribution in [0.3, 0.4) is 0 Å². The van der Waals surface area contributed by atoms with Crippen LogP contribution in [0.15, 0.2) is 6.07 Å². The molecule has 1 heterocycles. The van der Waals surface area contributed by atoms with Gasteiger partial charge in [0, 0.05) is 24.7 Å². The Morgan fingerprint density at radius 2 is 2.26 bits per heavy atom. The van der Waals surface area contributed by atoms with Gasteiger partial charge in [0.05, 0.1) is 17.8 Å². The van der Waals surface area contributed by atoms with Gasteiger partial charge >= 0.3 is 0 Å². The molecule has 0 saturated heterocycles. The van der Waals surface area contributed by atoms with Crippen molar-refractivity contribution in [2.24, 2.45) is 11.8 Å². The average Bonchev–Trinajstić information content (AvgIpc) is 2.90. The van der Waals surface area contributed by atoms with Crippen molar-refractivity contribution in [2.45, 2.75) is 57.7 Å². The van der Waals surface area contributed by atoms with Crippen molar-refractivity contribution in [2.75, 3.05) is 12.9 Å². The highest BCUT2D eigenvalue weighted by Crippen LogP contribution is 2.64. The molecule has 23 heavy (non-hydrogen) atoms. The number of alkyl halides is 1. The van der Waals surface area contributed by atoms with Gasteiger partial charge in [-0.25, -0.2) is 0 Å². The second-order valence-electron chi connectivity index (χ2n) is 7.15. The fourth-order valence-electron chi connectivity index (χ4n) is 4.22. The standard InChI is InChI=1S/C17H26ClN3O2/c1-5-10-6-12(21(19-10)9(2)3)15-11-7-13(17(23)16(11)15)20(4)14(22)8-18/h6,9,11,13,15-17,23H,5,7-8H2,1-4H3. The lowest BCUT2D eigenvalue weighted by Gasteiger charge is -2.29. The van der Waals surface area contributed by atoms with E-state index in [9.17, 15) is 9.90 Å². The fraction of sp³-hybridized carbons (Fsp3) is 0.765. The molecule has 2 aliphatic carbocycles. The summed E-state index contributed by atoms with van der Waals surface area (Å²) in [5, 5.41) is 15.4. The van der Waals surface area contributed by atoms with Crippen molar-refractivity contribution >= 4 is 17.5 Å². The molecule has 5 unspecified atom stereocenters. The maximum atomic E-state index is 11.8. The SMILES string of the molecule is CCc1cc(C2C3CC(N(C)C(=O)CCl)C(O)C32)n(C(C)C)n1. The molecule has 1 N–H and O–H groups in total. The number of amides is 1. The van der Waals surface area contributed by atoms with E-state index >= 15 is 0 Å². The first-order chi connectivity index (χ1) is 10.9. The van der Waals surface area contributed by atoms with E-state index in [0.29, 0.717) is 17.9 Å². The lowest BCUT2D eigenvalue weighted by Crippen LogP contribution is -2.44. The maximum absolute atomic E-state index is 11.8. The van der Waals surface area contributed by atoms with E-state index in [2.05, 4.69) is 31.5 Å². The van der Waals surface area contributed by atoms with Crippen LogP contribution in [-0.4, -0.2) is 50.8 Å². The molecule has 2 saturated carbocycles.